The van der Waals surface area contributed by atoms with E-state index in [1.165, 1.54) is 11.6 Å². The molecule has 4 nitrogen and oxygen atoms in total. The van der Waals surface area contributed by atoms with Gasteiger partial charge in [-0.1, -0.05) is 30.3 Å². The molecule has 3 aromatic rings. The van der Waals surface area contributed by atoms with Crippen molar-refractivity contribution in [3.8, 4) is 0 Å². The summed E-state index contributed by atoms with van der Waals surface area (Å²) < 4.78 is 13.4. The number of aromatic nitrogens is 1. The summed E-state index contributed by atoms with van der Waals surface area (Å²) in [5, 5.41) is 7.56. The molecule has 0 spiro atoms. The zero-order chi connectivity index (χ0) is 17.5. The lowest BCUT2D eigenvalue weighted by Crippen LogP contribution is -2.39. The molecule has 3 rings (SSSR count). The average molecular weight is 338 g/mol. The van der Waals surface area contributed by atoms with Crippen LogP contribution in [0, 0.1) is 5.82 Å². The number of guanidine groups is 1. The number of nitrogens with zero attached hydrogens (tertiary/aromatic N) is 1. The van der Waals surface area contributed by atoms with Crippen molar-refractivity contribution in [2.45, 2.75) is 12.8 Å². The van der Waals surface area contributed by atoms with Crippen LogP contribution in [-0.4, -0.2) is 31.1 Å². The molecule has 0 saturated heterocycles. The highest BCUT2D eigenvalue weighted by Gasteiger charge is 2.05. The second-order valence-corrected chi connectivity index (χ2v) is 5.92. The predicted octanol–water partition coefficient (Wildman–Crippen LogP) is 3.26. The van der Waals surface area contributed by atoms with E-state index < -0.39 is 0 Å². The molecule has 0 atom stereocenters. The van der Waals surface area contributed by atoms with E-state index in [4.69, 9.17) is 0 Å². The van der Waals surface area contributed by atoms with Crippen LogP contribution < -0.4 is 10.6 Å². The molecule has 0 fully saturated rings. The molecule has 0 amide bonds. The van der Waals surface area contributed by atoms with Crippen molar-refractivity contribution in [1.29, 1.82) is 0 Å². The summed E-state index contributed by atoms with van der Waals surface area (Å²) in [7, 11) is 1.76. The van der Waals surface area contributed by atoms with E-state index in [9.17, 15) is 4.39 Å². The van der Waals surface area contributed by atoms with Gasteiger partial charge in [0, 0.05) is 37.2 Å². The summed E-state index contributed by atoms with van der Waals surface area (Å²) >= 11 is 0. The van der Waals surface area contributed by atoms with E-state index in [-0.39, 0.29) is 5.82 Å². The van der Waals surface area contributed by atoms with Crippen LogP contribution in [0.3, 0.4) is 0 Å². The summed E-state index contributed by atoms with van der Waals surface area (Å²) in [5.41, 5.74) is 3.36. The van der Waals surface area contributed by atoms with Crippen LogP contribution in [0.1, 0.15) is 11.1 Å². The molecule has 0 unspecified atom stereocenters. The summed E-state index contributed by atoms with van der Waals surface area (Å²) in [4.78, 5) is 7.42. The lowest BCUT2D eigenvalue weighted by molar-refractivity contribution is 0.629. The number of aromatic amines is 1. The third-order valence-corrected chi connectivity index (χ3v) is 4.19. The Labute approximate surface area is 147 Å². The fourth-order valence-corrected chi connectivity index (χ4v) is 2.86. The van der Waals surface area contributed by atoms with E-state index in [0.717, 1.165) is 48.4 Å². The smallest absolute Gasteiger partial charge is 0.190 e. The van der Waals surface area contributed by atoms with Gasteiger partial charge in [0.05, 0.1) is 0 Å². The van der Waals surface area contributed by atoms with E-state index in [2.05, 4.69) is 32.7 Å². The molecule has 0 aliphatic heterocycles. The van der Waals surface area contributed by atoms with E-state index >= 15 is 0 Å². The van der Waals surface area contributed by atoms with E-state index in [0.29, 0.717) is 0 Å². The Bertz CT molecular complexity index is 839. The number of halogens is 1. The van der Waals surface area contributed by atoms with Crippen molar-refractivity contribution in [3.63, 3.8) is 0 Å². The summed E-state index contributed by atoms with van der Waals surface area (Å²) in [6.45, 7) is 1.55. The van der Waals surface area contributed by atoms with Crippen molar-refractivity contribution in [2.24, 2.45) is 4.99 Å². The number of nitrogens with one attached hydrogen (secondary N) is 3. The Morgan fingerprint density at radius 1 is 1.04 bits per heavy atom. The number of aliphatic imine (C=N–C) groups is 1. The molecule has 1 heterocycles. The molecular formula is C20H23FN4. The van der Waals surface area contributed by atoms with Crippen LogP contribution in [0.2, 0.25) is 0 Å². The molecule has 130 valence electrons. The number of fused-ring (bicyclic) bond motifs is 1. The van der Waals surface area contributed by atoms with Gasteiger partial charge in [0.2, 0.25) is 0 Å². The van der Waals surface area contributed by atoms with E-state index in [1.54, 1.807) is 19.2 Å². The molecule has 0 aliphatic rings. The maximum atomic E-state index is 13.4. The molecule has 0 radical (unpaired) electrons. The monoisotopic (exact) mass is 338 g/mol. The van der Waals surface area contributed by atoms with Crippen LogP contribution in [0.15, 0.2) is 59.7 Å². The highest BCUT2D eigenvalue weighted by Crippen LogP contribution is 2.19. The molecule has 0 saturated carbocycles. The molecule has 3 N–H and O–H groups in total. The summed E-state index contributed by atoms with van der Waals surface area (Å²) in [6.07, 6.45) is 3.68. The van der Waals surface area contributed by atoms with Gasteiger partial charge in [0.25, 0.3) is 0 Å². The molecular weight excluding hydrogens is 315 g/mol. The van der Waals surface area contributed by atoms with Crippen molar-refractivity contribution in [3.05, 3.63) is 71.7 Å². The van der Waals surface area contributed by atoms with Gasteiger partial charge >= 0.3 is 0 Å². The Balaban J connectivity index is 1.47. The average Bonchev–Trinajstić information content (AvgIpc) is 3.03. The van der Waals surface area contributed by atoms with Crippen molar-refractivity contribution in [2.75, 3.05) is 20.1 Å². The molecule has 0 bridgehead atoms. The van der Waals surface area contributed by atoms with Crippen LogP contribution >= 0.6 is 0 Å². The first kappa shape index (κ1) is 17.0. The highest BCUT2D eigenvalue weighted by atomic mass is 19.1. The van der Waals surface area contributed by atoms with Crippen LogP contribution in [0.4, 0.5) is 4.39 Å². The highest BCUT2D eigenvalue weighted by molar-refractivity contribution is 5.83. The fraction of sp³-hybridized carbons (Fsp3) is 0.250. The van der Waals surface area contributed by atoms with Crippen molar-refractivity contribution >= 4 is 16.9 Å². The first-order valence-corrected chi connectivity index (χ1v) is 8.50. The molecule has 25 heavy (non-hydrogen) atoms. The third kappa shape index (κ3) is 4.59. The number of benzene rings is 2. The SMILES string of the molecule is CN=C(NCCc1ccccc1)NCCc1c[nH]c2ccc(F)cc12. The van der Waals surface area contributed by atoms with Crippen LogP contribution in [0.5, 0.6) is 0 Å². The molecule has 2 aromatic carbocycles. The van der Waals surface area contributed by atoms with Crippen molar-refractivity contribution in [1.82, 2.24) is 15.6 Å². The van der Waals surface area contributed by atoms with Crippen molar-refractivity contribution < 1.29 is 4.39 Å². The zero-order valence-corrected chi connectivity index (χ0v) is 14.3. The number of H-pyrrole nitrogens is 1. The second kappa shape index (κ2) is 8.33. The number of rotatable bonds is 6. The van der Waals surface area contributed by atoms with Gasteiger partial charge in [-0.15, -0.1) is 0 Å². The van der Waals surface area contributed by atoms with Gasteiger partial charge in [0.1, 0.15) is 5.82 Å². The Morgan fingerprint density at radius 2 is 1.80 bits per heavy atom. The van der Waals surface area contributed by atoms with Gasteiger partial charge in [-0.05, 0) is 42.2 Å². The maximum absolute atomic E-state index is 13.4. The van der Waals surface area contributed by atoms with Gasteiger partial charge in [-0.3, -0.25) is 4.99 Å². The maximum Gasteiger partial charge on any atom is 0.190 e. The lowest BCUT2D eigenvalue weighted by atomic mass is 10.1. The Hall–Kier alpha value is -2.82. The molecule has 5 heteroatoms. The minimum absolute atomic E-state index is 0.209. The number of hydrogen-bond acceptors (Lipinski definition) is 1. The molecule has 0 aliphatic carbocycles. The summed E-state index contributed by atoms with van der Waals surface area (Å²) in [5.74, 6) is 0.571. The van der Waals surface area contributed by atoms with E-state index in [1.807, 2.05) is 24.4 Å². The predicted molar refractivity (Wildman–Crippen MR) is 101 cm³/mol. The minimum Gasteiger partial charge on any atom is -0.361 e. The summed E-state index contributed by atoms with van der Waals surface area (Å²) in [6, 6.07) is 15.2. The van der Waals surface area contributed by atoms with Gasteiger partial charge in [-0.25, -0.2) is 4.39 Å². The molecule has 1 aromatic heterocycles. The largest absolute Gasteiger partial charge is 0.361 e. The first-order valence-electron chi connectivity index (χ1n) is 8.50. The quantitative estimate of drug-likeness (QED) is 0.477. The Morgan fingerprint density at radius 3 is 2.56 bits per heavy atom. The van der Waals surface area contributed by atoms with Gasteiger partial charge in [0.15, 0.2) is 5.96 Å². The number of hydrogen-bond donors (Lipinski definition) is 3. The third-order valence-electron chi connectivity index (χ3n) is 4.19. The normalized spacial score (nSPS) is 11.7. The zero-order valence-electron chi connectivity index (χ0n) is 14.3. The van der Waals surface area contributed by atoms with Gasteiger partial charge in [-0.2, -0.15) is 0 Å². The van der Waals surface area contributed by atoms with Crippen LogP contribution in [0.25, 0.3) is 10.9 Å². The minimum atomic E-state index is -0.209. The van der Waals surface area contributed by atoms with Gasteiger partial charge < -0.3 is 15.6 Å². The standard InChI is InChI=1S/C20H23FN4/c1-22-20(23-11-9-15-5-3-2-4-6-15)24-12-10-16-14-25-19-8-7-17(21)13-18(16)19/h2-8,13-14,25H,9-12H2,1H3,(H2,22,23,24). The first-order chi connectivity index (χ1) is 12.3. The fourth-order valence-electron chi connectivity index (χ4n) is 2.86. The van der Waals surface area contributed by atoms with Crippen LogP contribution in [-0.2, 0) is 12.8 Å². The lowest BCUT2D eigenvalue weighted by Gasteiger charge is -2.11. The second-order valence-electron chi connectivity index (χ2n) is 5.92. The topological polar surface area (TPSA) is 52.2 Å². The Kier molecular flexibility index (Phi) is 5.67.